The van der Waals surface area contributed by atoms with E-state index in [9.17, 15) is 9.59 Å². The summed E-state index contributed by atoms with van der Waals surface area (Å²) >= 11 is 0. The van der Waals surface area contributed by atoms with Crippen LogP contribution in [0, 0.1) is 19.8 Å². The maximum absolute atomic E-state index is 12.3. The fraction of sp³-hybridized carbons (Fsp3) is 0.762. The van der Waals surface area contributed by atoms with Crippen LogP contribution in [0.2, 0.25) is 0 Å². The first-order valence-corrected chi connectivity index (χ1v) is 10.5. The van der Waals surface area contributed by atoms with E-state index in [-0.39, 0.29) is 30.1 Å². The standard InChI is InChI=1S/C21H34N4O3/c1-15(2)11-20(27)24-9-7-21(8-10-24)6-5-18(28-21)13-22-19(26)14-25-17(4)12-16(3)23-25/h12,15,18H,5-11,13-14H2,1-4H3,(H,22,26). The normalized spacial score (nSPS) is 21.5. The van der Waals surface area contributed by atoms with Gasteiger partial charge >= 0.3 is 0 Å². The zero-order valence-electron chi connectivity index (χ0n) is 17.7. The Labute approximate surface area is 167 Å². The third-order valence-electron chi connectivity index (χ3n) is 5.87. The van der Waals surface area contributed by atoms with Gasteiger partial charge in [0.2, 0.25) is 11.8 Å². The number of nitrogens with zero attached hydrogens (tertiary/aromatic N) is 3. The van der Waals surface area contributed by atoms with Crippen molar-refractivity contribution >= 4 is 11.8 Å². The highest BCUT2D eigenvalue weighted by Crippen LogP contribution is 2.38. The van der Waals surface area contributed by atoms with Crippen molar-refractivity contribution in [3.8, 4) is 0 Å². The molecule has 3 rings (SSSR count). The number of ether oxygens (including phenoxy) is 1. The van der Waals surface area contributed by atoms with Crippen LogP contribution in [0.1, 0.15) is 57.3 Å². The molecule has 2 fully saturated rings. The molecule has 0 aliphatic carbocycles. The lowest BCUT2D eigenvalue weighted by atomic mass is 9.88. The molecule has 0 saturated carbocycles. The lowest BCUT2D eigenvalue weighted by Gasteiger charge is -2.39. The number of piperidine rings is 1. The van der Waals surface area contributed by atoms with Crippen LogP contribution in [0.25, 0.3) is 0 Å². The molecule has 7 heteroatoms. The zero-order valence-corrected chi connectivity index (χ0v) is 17.7. The molecule has 1 aromatic heterocycles. The van der Waals surface area contributed by atoms with Crippen molar-refractivity contribution in [2.45, 2.75) is 78.0 Å². The molecule has 1 spiro atoms. The van der Waals surface area contributed by atoms with Gasteiger partial charge in [-0.15, -0.1) is 0 Å². The smallest absolute Gasteiger partial charge is 0.241 e. The molecule has 7 nitrogen and oxygen atoms in total. The Morgan fingerprint density at radius 1 is 1.29 bits per heavy atom. The van der Waals surface area contributed by atoms with Crippen molar-refractivity contribution in [3.63, 3.8) is 0 Å². The Morgan fingerprint density at radius 3 is 2.61 bits per heavy atom. The molecule has 2 amide bonds. The lowest BCUT2D eigenvalue weighted by molar-refractivity contribution is -0.138. The monoisotopic (exact) mass is 390 g/mol. The van der Waals surface area contributed by atoms with Gasteiger partial charge in [0.05, 0.1) is 17.4 Å². The molecule has 2 aliphatic heterocycles. The summed E-state index contributed by atoms with van der Waals surface area (Å²) in [5.74, 6) is 0.620. The van der Waals surface area contributed by atoms with E-state index in [1.54, 1.807) is 4.68 Å². The van der Waals surface area contributed by atoms with E-state index in [1.807, 2.05) is 24.8 Å². The maximum atomic E-state index is 12.3. The van der Waals surface area contributed by atoms with Crippen molar-refractivity contribution < 1.29 is 14.3 Å². The van der Waals surface area contributed by atoms with Crippen molar-refractivity contribution in [1.29, 1.82) is 0 Å². The highest BCUT2D eigenvalue weighted by Gasteiger charge is 2.43. The molecule has 2 aliphatic rings. The zero-order chi connectivity index (χ0) is 20.3. The van der Waals surface area contributed by atoms with E-state index >= 15 is 0 Å². The molecule has 1 atom stereocenters. The van der Waals surface area contributed by atoms with Gasteiger partial charge in [0, 0.05) is 31.7 Å². The van der Waals surface area contributed by atoms with Crippen LogP contribution in [0.4, 0.5) is 0 Å². The molecule has 0 bridgehead atoms. The quantitative estimate of drug-likeness (QED) is 0.808. The summed E-state index contributed by atoms with van der Waals surface area (Å²) in [4.78, 5) is 26.5. The molecule has 3 heterocycles. The third-order valence-corrected chi connectivity index (χ3v) is 5.87. The second kappa shape index (κ2) is 8.64. The highest BCUT2D eigenvalue weighted by molar-refractivity contribution is 5.76. The lowest BCUT2D eigenvalue weighted by Crippen LogP contribution is -2.47. The van der Waals surface area contributed by atoms with Gasteiger partial charge in [-0.25, -0.2) is 0 Å². The summed E-state index contributed by atoms with van der Waals surface area (Å²) in [6, 6.07) is 1.97. The van der Waals surface area contributed by atoms with Gasteiger partial charge in [0.25, 0.3) is 0 Å². The average Bonchev–Trinajstić information content (AvgIpc) is 3.16. The van der Waals surface area contributed by atoms with Gasteiger partial charge in [-0.2, -0.15) is 5.10 Å². The van der Waals surface area contributed by atoms with E-state index in [0.717, 1.165) is 50.2 Å². The number of carbonyl (C=O) groups excluding carboxylic acids is 2. The molecule has 1 unspecified atom stereocenters. The van der Waals surface area contributed by atoms with Crippen LogP contribution in [0.15, 0.2) is 6.07 Å². The Morgan fingerprint density at radius 2 is 2.00 bits per heavy atom. The highest BCUT2D eigenvalue weighted by atomic mass is 16.5. The number of nitrogens with one attached hydrogen (secondary N) is 1. The van der Waals surface area contributed by atoms with Crippen molar-refractivity contribution in [2.24, 2.45) is 5.92 Å². The van der Waals surface area contributed by atoms with Crippen LogP contribution >= 0.6 is 0 Å². The number of carbonyl (C=O) groups is 2. The molecule has 156 valence electrons. The number of amides is 2. The van der Waals surface area contributed by atoms with Crippen LogP contribution in [-0.4, -0.2) is 57.8 Å². The predicted molar refractivity (Wildman–Crippen MR) is 107 cm³/mol. The SMILES string of the molecule is Cc1cc(C)n(CC(=O)NCC2CCC3(CCN(C(=O)CC(C)C)CC3)O2)n1. The first-order valence-electron chi connectivity index (χ1n) is 10.5. The van der Waals surface area contributed by atoms with Gasteiger partial charge < -0.3 is 15.0 Å². The number of aromatic nitrogens is 2. The second-order valence-corrected chi connectivity index (χ2v) is 8.83. The predicted octanol–water partition coefficient (Wildman–Crippen LogP) is 2.20. The number of aryl methyl sites for hydroxylation is 2. The van der Waals surface area contributed by atoms with Gasteiger partial charge in [-0.1, -0.05) is 13.8 Å². The van der Waals surface area contributed by atoms with Crippen LogP contribution < -0.4 is 5.32 Å². The van der Waals surface area contributed by atoms with E-state index in [1.165, 1.54) is 0 Å². The summed E-state index contributed by atoms with van der Waals surface area (Å²) in [6.45, 7) is 10.4. The summed E-state index contributed by atoms with van der Waals surface area (Å²) in [7, 11) is 0. The largest absolute Gasteiger partial charge is 0.370 e. The van der Waals surface area contributed by atoms with Gasteiger partial charge in [0.1, 0.15) is 6.54 Å². The number of rotatable bonds is 6. The van der Waals surface area contributed by atoms with E-state index in [4.69, 9.17) is 4.74 Å². The summed E-state index contributed by atoms with van der Waals surface area (Å²) in [5, 5.41) is 7.32. The minimum atomic E-state index is -0.111. The molecule has 1 N–H and O–H groups in total. The minimum Gasteiger partial charge on any atom is -0.370 e. The van der Waals surface area contributed by atoms with E-state index in [0.29, 0.717) is 18.9 Å². The summed E-state index contributed by atoms with van der Waals surface area (Å²) in [6.07, 6.45) is 4.44. The van der Waals surface area contributed by atoms with Crippen molar-refractivity contribution in [2.75, 3.05) is 19.6 Å². The fourth-order valence-electron chi connectivity index (χ4n) is 4.30. The molecule has 0 radical (unpaired) electrons. The summed E-state index contributed by atoms with van der Waals surface area (Å²) in [5.41, 5.74) is 1.80. The van der Waals surface area contributed by atoms with Crippen molar-refractivity contribution in [3.05, 3.63) is 17.5 Å². The Balaban J connectivity index is 1.41. The first-order chi connectivity index (χ1) is 13.3. The molecular weight excluding hydrogens is 356 g/mol. The summed E-state index contributed by atoms with van der Waals surface area (Å²) < 4.78 is 8.08. The average molecular weight is 391 g/mol. The number of hydrogen-bond acceptors (Lipinski definition) is 4. The third kappa shape index (κ3) is 5.13. The van der Waals surface area contributed by atoms with Gasteiger partial charge in [-0.05, 0) is 51.5 Å². The van der Waals surface area contributed by atoms with E-state index < -0.39 is 0 Å². The fourth-order valence-corrected chi connectivity index (χ4v) is 4.30. The van der Waals surface area contributed by atoms with E-state index in [2.05, 4.69) is 24.3 Å². The van der Waals surface area contributed by atoms with Crippen molar-refractivity contribution in [1.82, 2.24) is 20.0 Å². The number of hydrogen-bond donors (Lipinski definition) is 1. The Hall–Kier alpha value is -1.89. The molecule has 1 aromatic rings. The van der Waals surface area contributed by atoms with Gasteiger partial charge in [-0.3, -0.25) is 14.3 Å². The maximum Gasteiger partial charge on any atom is 0.241 e. The molecule has 2 saturated heterocycles. The van der Waals surface area contributed by atoms with Gasteiger partial charge in [0.15, 0.2) is 0 Å². The minimum absolute atomic E-state index is 0.0372. The topological polar surface area (TPSA) is 76.5 Å². The molecule has 0 aromatic carbocycles. The first kappa shape index (κ1) is 20.8. The molecular formula is C21H34N4O3. The van der Waals surface area contributed by atoms with Crippen LogP contribution in [0.3, 0.4) is 0 Å². The molecule has 28 heavy (non-hydrogen) atoms. The number of likely N-dealkylation sites (tertiary alicyclic amines) is 1. The van der Waals surface area contributed by atoms with Crippen LogP contribution in [-0.2, 0) is 20.9 Å². The Bertz CT molecular complexity index is 705. The van der Waals surface area contributed by atoms with Crippen LogP contribution in [0.5, 0.6) is 0 Å². The second-order valence-electron chi connectivity index (χ2n) is 8.83. The Kier molecular flexibility index (Phi) is 6.43.